The Hall–Kier alpha value is -2.10. The van der Waals surface area contributed by atoms with E-state index in [1.807, 2.05) is 32.3 Å². The molecule has 0 aliphatic rings. The van der Waals surface area contributed by atoms with Crippen LogP contribution in [0.25, 0.3) is 11.1 Å². The number of benzene rings is 1. The molecule has 16 heavy (non-hydrogen) atoms. The molecule has 0 saturated heterocycles. The van der Waals surface area contributed by atoms with E-state index in [0.29, 0.717) is 5.56 Å². The van der Waals surface area contributed by atoms with Crippen LogP contribution >= 0.6 is 0 Å². The van der Waals surface area contributed by atoms with Crippen LogP contribution in [0.5, 0.6) is 0 Å². The number of hydrogen-bond donors (Lipinski definition) is 1. The van der Waals surface area contributed by atoms with E-state index >= 15 is 0 Å². The van der Waals surface area contributed by atoms with Crippen molar-refractivity contribution in [2.75, 3.05) is 0 Å². The first-order chi connectivity index (χ1) is 7.58. The Morgan fingerprint density at radius 2 is 2.12 bits per heavy atom. The lowest BCUT2D eigenvalue weighted by molar-refractivity contribution is 0.1000. The Balaban J connectivity index is 2.51. The molecule has 4 heteroatoms. The lowest BCUT2D eigenvalue weighted by Gasteiger charge is -2.04. The Morgan fingerprint density at radius 1 is 1.38 bits per heavy atom. The number of nitrogens with two attached hydrogens (primary N) is 1. The third kappa shape index (κ3) is 1.82. The monoisotopic (exact) mass is 215 g/mol. The second kappa shape index (κ2) is 3.81. The number of carbonyl (C=O) groups excluding carboxylic acids is 1. The van der Waals surface area contributed by atoms with Crippen molar-refractivity contribution in [1.82, 2.24) is 9.78 Å². The van der Waals surface area contributed by atoms with Gasteiger partial charge in [-0.2, -0.15) is 5.10 Å². The number of primary amides is 1. The van der Waals surface area contributed by atoms with Gasteiger partial charge in [-0.1, -0.05) is 12.1 Å². The normalized spacial score (nSPS) is 10.4. The minimum Gasteiger partial charge on any atom is -0.366 e. The first-order valence-corrected chi connectivity index (χ1v) is 4.97. The summed E-state index contributed by atoms with van der Waals surface area (Å²) in [6.07, 6.45) is 3.66. The molecule has 4 nitrogen and oxygen atoms in total. The molecule has 1 heterocycles. The summed E-state index contributed by atoms with van der Waals surface area (Å²) in [5.74, 6) is -0.400. The number of hydrogen-bond acceptors (Lipinski definition) is 2. The van der Waals surface area contributed by atoms with Gasteiger partial charge >= 0.3 is 0 Å². The lowest BCUT2D eigenvalue weighted by Crippen LogP contribution is -2.12. The van der Waals surface area contributed by atoms with E-state index in [0.717, 1.165) is 16.7 Å². The number of nitrogens with zero attached hydrogens (tertiary/aromatic N) is 2. The average Bonchev–Trinajstić information content (AvgIpc) is 2.65. The Kier molecular flexibility index (Phi) is 2.48. The van der Waals surface area contributed by atoms with Crippen LogP contribution in [0, 0.1) is 6.92 Å². The fraction of sp³-hybridized carbons (Fsp3) is 0.167. The lowest BCUT2D eigenvalue weighted by atomic mass is 10.0. The van der Waals surface area contributed by atoms with Crippen molar-refractivity contribution in [2.24, 2.45) is 12.8 Å². The molecule has 1 aromatic heterocycles. The largest absolute Gasteiger partial charge is 0.366 e. The van der Waals surface area contributed by atoms with E-state index in [-0.39, 0.29) is 0 Å². The number of rotatable bonds is 2. The molecule has 0 radical (unpaired) electrons. The highest BCUT2D eigenvalue weighted by Gasteiger charge is 2.07. The Labute approximate surface area is 93.7 Å². The maximum absolute atomic E-state index is 11.2. The van der Waals surface area contributed by atoms with Crippen molar-refractivity contribution in [1.29, 1.82) is 0 Å². The van der Waals surface area contributed by atoms with E-state index in [2.05, 4.69) is 5.10 Å². The van der Waals surface area contributed by atoms with Gasteiger partial charge in [-0.25, -0.2) is 0 Å². The molecular weight excluding hydrogens is 202 g/mol. The SMILES string of the molecule is Cc1ccc(-c2cnn(C)c2)cc1C(N)=O. The van der Waals surface area contributed by atoms with E-state index in [9.17, 15) is 4.79 Å². The van der Waals surface area contributed by atoms with E-state index in [1.165, 1.54) is 0 Å². The van der Waals surface area contributed by atoms with Crippen LogP contribution in [0.15, 0.2) is 30.6 Å². The average molecular weight is 215 g/mol. The van der Waals surface area contributed by atoms with Crippen LogP contribution in [0.4, 0.5) is 0 Å². The zero-order valence-corrected chi connectivity index (χ0v) is 9.27. The molecule has 2 N–H and O–H groups in total. The van der Waals surface area contributed by atoms with Crippen molar-refractivity contribution < 1.29 is 4.79 Å². The predicted molar refractivity (Wildman–Crippen MR) is 61.9 cm³/mol. The minimum absolute atomic E-state index is 0.400. The van der Waals surface area contributed by atoms with Crippen LogP contribution in [-0.4, -0.2) is 15.7 Å². The third-order valence-corrected chi connectivity index (χ3v) is 2.54. The molecule has 82 valence electrons. The van der Waals surface area contributed by atoms with E-state index < -0.39 is 5.91 Å². The highest BCUT2D eigenvalue weighted by molar-refractivity contribution is 5.95. The van der Waals surface area contributed by atoms with Gasteiger partial charge in [0.15, 0.2) is 0 Å². The molecule has 0 fully saturated rings. The summed E-state index contributed by atoms with van der Waals surface area (Å²) in [6.45, 7) is 1.87. The summed E-state index contributed by atoms with van der Waals surface area (Å²) in [6, 6.07) is 5.65. The molecular formula is C12H13N3O. The number of carbonyl (C=O) groups is 1. The maximum atomic E-state index is 11.2. The molecule has 1 amide bonds. The van der Waals surface area contributed by atoms with E-state index in [4.69, 9.17) is 5.73 Å². The Bertz CT molecular complexity index is 543. The summed E-state index contributed by atoms with van der Waals surface area (Å²) < 4.78 is 1.72. The molecule has 1 aromatic carbocycles. The van der Waals surface area contributed by atoms with E-state index in [1.54, 1.807) is 16.9 Å². The van der Waals surface area contributed by atoms with Crippen LogP contribution in [-0.2, 0) is 7.05 Å². The first-order valence-electron chi connectivity index (χ1n) is 4.97. The maximum Gasteiger partial charge on any atom is 0.248 e. The number of aryl methyl sites for hydroxylation is 2. The summed E-state index contributed by atoms with van der Waals surface area (Å²) >= 11 is 0. The molecule has 2 rings (SSSR count). The van der Waals surface area contributed by atoms with Crippen LogP contribution in [0.1, 0.15) is 15.9 Å². The summed E-state index contributed by atoms with van der Waals surface area (Å²) in [5.41, 5.74) is 8.68. The van der Waals surface area contributed by atoms with Crippen LogP contribution in [0.3, 0.4) is 0 Å². The minimum atomic E-state index is -0.400. The number of aromatic nitrogens is 2. The quantitative estimate of drug-likeness (QED) is 0.825. The van der Waals surface area contributed by atoms with Crippen LogP contribution < -0.4 is 5.73 Å². The summed E-state index contributed by atoms with van der Waals surface area (Å²) in [4.78, 5) is 11.2. The molecule has 0 aliphatic heterocycles. The highest BCUT2D eigenvalue weighted by Crippen LogP contribution is 2.21. The zero-order chi connectivity index (χ0) is 11.7. The van der Waals surface area contributed by atoms with Gasteiger partial charge in [0.05, 0.1) is 6.20 Å². The van der Waals surface area contributed by atoms with Gasteiger partial charge in [0.25, 0.3) is 0 Å². The van der Waals surface area contributed by atoms with Gasteiger partial charge in [0, 0.05) is 24.4 Å². The highest BCUT2D eigenvalue weighted by atomic mass is 16.1. The molecule has 0 unspecified atom stereocenters. The van der Waals surface area contributed by atoms with Gasteiger partial charge < -0.3 is 5.73 Å². The predicted octanol–water partition coefficient (Wildman–Crippen LogP) is 1.49. The number of amides is 1. The van der Waals surface area contributed by atoms with Crippen LogP contribution in [0.2, 0.25) is 0 Å². The van der Waals surface area contributed by atoms with Crippen molar-refractivity contribution in [3.05, 3.63) is 41.7 Å². The van der Waals surface area contributed by atoms with Gasteiger partial charge in [-0.05, 0) is 24.1 Å². The molecule has 0 bridgehead atoms. The summed E-state index contributed by atoms with van der Waals surface area (Å²) in [7, 11) is 1.85. The molecule has 0 spiro atoms. The van der Waals surface area contributed by atoms with Gasteiger partial charge in [-0.3, -0.25) is 9.48 Å². The second-order valence-electron chi connectivity index (χ2n) is 3.80. The van der Waals surface area contributed by atoms with Gasteiger partial charge in [-0.15, -0.1) is 0 Å². The van der Waals surface area contributed by atoms with Gasteiger partial charge in [0.1, 0.15) is 0 Å². The van der Waals surface area contributed by atoms with Crippen molar-refractivity contribution >= 4 is 5.91 Å². The fourth-order valence-electron chi connectivity index (χ4n) is 1.64. The van der Waals surface area contributed by atoms with Crippen molar-refractivity contribution in [3.63, 3.8) is 0 Å². The van der Waals surface area contributed by atoms with Crippen molar-refractivity contribution in [3.8, 4) is 11.1 Å². The third-order valence-electron chi connectivity index (χ3n) is 2.54. The zero-order valence-electron chi connectivity index (χ0n) is 9.27. The fourth-order valence-corrected chi connectivity index (χ4v) is 1.64. The smallest absolute Gasteiger partial charge is 0.248 e. The topological polar surface area (TPSA) is 60.9 Å². The standard InChI is InChI=1S/C12H13N3O/c1-8-3-4-9(5-11(8)12(13)16)10-6-14-15(2)7-10/h3-7H,1-2H3,(H2,13,16). The molecule has 0 aliphatic carbocycles. The molecule has 2 aromatic rings. The van der Waals surface area contributed by atoms with Gasteiger partial charge in [0.2, 0.25) is 5.91 Å². The first kappa shape index (κ1) is 10.4. The molecule has 0 atom stereocenters. The molecule has 0 saturated carbocycles. The Morgan fingerprint density at radius 3 is 2.69 bits per heavy atom. The summed E-state index contributed by atoms with van der Waals surface area (Å²) in [5, 5.41) is 4.09. The van der Waals surface area contributed by atoms with Crippen molar-refractivity contribution in [2.45, 2.75) is 6.92 Å². The second-order valence-corrected chi connectivity index (χ2v) is 3.80.